The molecule has 1 atom stereocenters. The number of likely N-dealkylation sites (tertiary alicyclic amines) is 2. The van der Waals surface area contributed by atoms with Gasteiger partial charge in [-0.3, -0.25) is 4.90 Å². The number of rotatable bonds is 2. The van der Waals surface area contributed by atoms with Gasteiger partial charge in [0.05, 0.1) is 12.6 Å². The Bertz CT molecular complexity index is 391. The van der Waals surface area contributed by atoms with Gasteiger partial charge in [0.1, 0.15) is 5.60 Å². The fraction of sp³-hybridized carbons (Fsp3) is 0.867. The van der Waals surface area contributed by atoms with Crippen LogP contribution in [0.2, 0.25) is 0 Å². The molecule has 0 radical (unpaired) electrons. The Morgan fingerprint density at radius 3 is 2.60 bits per heavy atom. The van der Waals surface area contributed by atoms with Gasteiger partial charge in [0.15, 0.2) is 0 Å². The molecule has 0 aromatic rings. The summed E-state index contributed by atoms with van der Waals surface area (Å²) in [4.78, 5) is 15.9. The van der Waals surface area contributed by atoms with Gasteiger partial charge in [0.2, 0.25) is 0 Å². The van der Waals surface area contributed by atoms with Crippen LogP contribution in [0.25, 0.3) is 0 Å². The van der Waals surface area contributed by atoms with Crippen LogP contribution in [0, 0.1) is 23.2 Å². The van der Waals surface area contributed by atoms with Gasteiger partial charge in [-0.05, 0) is 52.0 Å². The Morgan fingerprint density at radius 1 is 1.30 bits per heavy atom. The van der Waals surface area contributed by atoms with Gasteiger partial charge in [0, 0.05) is 19.6 Å². The van der Waals surface area contributed by atoms with Gasteiger partial charge in [-0.1, -0.05) is 0 Å². The fourth-order valence-electron chi connectivity index (χ4n) is 3.01. The minimum absolute atomic E-state index is 0.196. The summed E-state index contributed by atoms with van der Waals surface area (Å²) in [6.07, 6.45) is 2.18. The number of amides is 1. The second-order valence-electron chi connectivity index (χ2n) is 6.94. The predicted octanol–water partition coefficient (Wildman–Crippen LogP) is 2.09. The van der Waals surface area contributed by atoms with Crippen LogP contribution in [0.15, 0.2) is 0 Å². The zero-order chi connectivity index (χ0) is 14.8. The molecule has 0 aliphatic carbocycles. The smallest absolute Gasteiger partial charge is 0.410 e. The highest BCUT2D eigenvalue weighted by Crippen LogP contribution is 2.31. The van der Waals surface area contributed by atoms with E-state index in [1.54, 1.807) is 4.90 Å². The number of hydrogen-bond donors (Lipinski definition) is 0. The number of carbonyl (C=O) groups excluding carboxylic acids is 1. The molecule has 5 heteroatoms. The molecule has 20 heavy (non-hydrogen) atoms. The number of nitriles is 1. The highest BCUT2D eigenvalue weighted by Gasteiger charge is 2.39. The van der Waals surface area contributed by atoms with Crippen molar-refractivity contribution in [2.75, 3.05) is 32.7 Å². The van der Waals surface area contributed by atoms with E-state index in [2.05, 4.69) is 11.0 Å². The van der Waals surface area contributed by atoms with Crippen LogP contribution in [0.3, 0.4) is 0 Å². The maximum atomic E-state index is 11.9. The van der Waals surface area contributed by atoms with Gasteiger partial charge >= 0.3 is 6.09 Å². The summed E-state index contributed by atoms with van der Waals surface area (Å²) >= 11 is 0. The van der Waals surface area contributed by atoms with Crippen molar-refractivity contribution in [3.8, 4) is 6.07 Å². The molecule has 0 spiro atoms. The van der Waals surface area contributed by atoms with E-state index in [4.69, 9.17) is 10.00 Å². The van der Waals surface area contributed by atoms with Crippen LogP contribution >= 0.6 is 0 Å². The lowest BCUT2D eigenvalue weighted by molar-refractivity contribution is -0.0188. The highest BCUT2D eigenvalue weighted by molar-refractivity contribution is 5.69. The molecular weight excluding hydrogens is 254 g/mol. The van der Waals surface area contributed by atoms with Gasteiger partial charge in [-0.25, -0.2) is 4.79 Å². The number of ether oxygens (including phenoxy) is 1. The molecule has 0 saturated carbocycles. The van der Waals surface area contributed by atoms with E-state index in [1.807, 2.05) is 20.8 Å². The molecule has 112 valence electrons. The van der Waals surface area contributed by atoms with Crippen molar-refractivity contribution in [2.45, 2.75) is 39.2 Å². The lowest BCUT2D eigenvalue weighted by Crippen LogP contribution is -2.56. The molecule has 2 aliphatic heterocycles. The summed E-state index contributed by atoms with van der Waals surface area (Å²) in [7, 11) is 0. The Kier molecular flexibility index (Phi) is 4.54. The number of carbonyl (C=O) groups is 1. The predicted molar refractivity (Wildman–Crippen MR) is 76.1 cm³/mol. The van der Waals surface area contributed by atoms with E-state index in [-0.39, 0.29) is 6.09 Å². The summed E-state index contributed by atoms with van der Waals surface area (Å²) in [5.74, 6) is 1.19. The van der Waals surface area contributed by atoms with Gasteiger partial charge in [-0.15, -0.1) is 0 Å². The average molecular weight is 279 g/mol. The first kappa shape index (κ1) is 15.1. The van der Waals surface area contributed by atoms with Crippen molar-refractivity contribution in [2.24, 2.45) is 11.8 Å². The molecule has 1 amide bonds. The largest absolute Gasteiger partial charge is 0.444 e. The molecule has 0 aromatic heterocycles. The molecule has 0 N–H and O–H groups in total. The Balaban J connectivity index is 1.76. The molecule has 2 fully saturated rings. The van der Waals surface area contributed by atoms with Crippen molar-refractivity contribution in [1.82, 2.24) is 9.80 Å². The van der Waals surface area contributed by atoms with Crippen LogP contribution < -0.4 is 0 Å². The van der Waals surface area contributed by atoms with E-state index in [9.17, 15) is 4.79 Å². The third kappa shape index (κ3) is 3.86. The van der Waals surface area contributed by atoms with E-state index in [0.29, 0.717) is 18.4 Å². The molecule has 0 bridgehead atoms. The molecule has 2 saturated heterocycles. The second-order valence-corrected chi connectivity index (χ2v) is 6.94. The van der Waals surface area contributed by atoms with Crippen LogP contribution in [-0.4, -0.2) is 54.2 Å². The maximum absolute atomic E-state index is 11.9. The van der Waals surface area contributed by atoms with Gasteiger partial charge in [-0.2, -0.15) is 5.26 Å². The van der Waals surface area contributed by atoms with Crippen molar-refractivity contribution in [3.63, 3.8) is 0 Å². The first-order valence-corrected chi connectivity index (χ1v) is 7.46. The minimum atomic E-state index is -0.420. The van der Waals surface area contributed by atoms with E-state index >= 15 is 0 Å². The molecule has 0 unspecified atom stereocenters. The van der Waals surface area contributed by atoms with Crippen molar-refractivity contribution in [1.29, 1.82) is 5.26 Å². The molecule has 5 nitrogen and oxygen atoms in total. The van der Waals surface area contributed by atoms with Crippen molar-refractivity contribution in [3.05, 3.63) is 0 Å². The highest BCUT2D eigenvalue weighted by atomic mass is 16.6. The van der Waals surface area contributed by atoms with E-state index in [0.717, 1.165) is 32.6 Å². The summed E-state index contributed by atoms with van der Waals surface area (Å²) in [6.45, 7) is 9.85. The lowest BCUT2D eigenvalue weighted by Gasteiger charge is -2.46. The average Bonchev–Trinajstić information content (AvgIpc) is 2.25. The fourth-order valence-corrected chi connectivity index (χ4v) is 3.01. The SMILES string of the molecule is CC(C)(C)OC(=O)N1CC([C@H]2CCCN(CC#N)C2)C1. The van der Waals surface area contributed by atoms with E-state index in [1.165, 1.54) is 6.42 Å². The number of nitrogens with zero attached hydrogens (tertiary/aromatic N) is 3. The van der Waals surface area contributed by atoms with Crippen molar-refractivity contribution >= 4 is 6.09 Å². The normalized spacial score (nSPS) is 24.9. The first-order chi connectivity index (χ1) is 9.39. The van der Waals surface area contributed by atoms with E-state index < -0.39 is 5.60 Å². The maximum Gasteiger partial charge on any atom is 0.410 e. The molecule has 0 aromatic carbocycles. The van der Waals surface area contributed by atoms with Crippen LogP contribution in [0.1, 0.15) is 33.6 Å². The van der Waals surface area contributed by atoms with Crippen LogP contribution in [0.5, 0.6) is 0 Å². The minimum Gasteiger partial charge on any atom is -0.444 e. The summed E-state index contributed by atoms with van der Waals surface area (Å²) in [5, 5.41) is 8.78. The summed E-state index contributed by atoms with van der Waals surface area (Å²) in [5.41, 5.74) is -0.420. The standard InChI is InChI=1S/C15H25N3O2/c1-15(2,3)20-14(19)18-10-13(11-18)12-5-4-7-17(9-12)8-6-16/h12-13H,4-5,7-11H2,1-3H3/t12-/m0/s1. The second kappa shape index (κ2) is 6.01. The number of piperidine rings is 1. The third-order valence-electron chi connectivity index (χ3n) is 4.06. The van der Waals surface area contributed by atoms with Gasteiger partial charge in [0.25, 0.3) is 0 Å². The zero-order valence-electron chi connectivity index (χ0n) is 12.8. The summed E-state index contributed by atoms with van der Waals surface area (Å²) < 4.78 is 5.37. The van der Waals surface area contributed by atoms with Crippen LogP contribution in [0.4, 0.5) is 4.79 Å². The molecular formula is C15H25N3O2. The monoisotopic (exact) mass is 279 g/mol. The van der Waals surface area contributed by atoms with Crippen LogP contribution in [-0.2, 0) is 4.74 Å². The first-order valence-electron chi connectivity index (χ1n) is 7.46. The van der Waals surface area contributed by atoms with Crippen molar-refractivity contribution < 1.29 is 9.53 Å². The number of hydrogen-bond acceptors (Lipinski definition) is 4. The van der Waals surface area contributed by atoms with Gasteiger partial charge < -0.3 is 9.64 Å². The Hall–Kier alpha value is -1.28. The molecule has 2 rings (SSSR count). The summed E-state index contributed by atoms with van der Waals surface area (Å²) in [6, 6.07) is 2.23. The Labute approximate surface area is 121 Å². The Morgan fingerprint density at radius 2 is 2.00 bits per heavy atom. The molecule has 2 aliphatic rings. The lowest BCUT2D eigenvalue weighted by atomic mass is 9.81. The zero-order valence-corrected chi connectivity index (χ0v) is 12.8. The third-order valence-corrected chi connectivity index (χ3v) is 4.06. The topological polar surface area (TPSA) is 56.6 Å². The molecule has 2 heterocycles. The quantitative estimate of drug-likeness (QED) is 0.726.